The van der Waals surface area contributed by atoms with E-state index in [1.165, 1.54) is 12.1 Å². The Labute approximate surface area is 106 Å². The first kappa shape index (κ1) is 14.4. The number of nitrogens with one attached hydrogen (secondary N) is 1. The van der Waals surface area contributed by atoms with Gasteiger partial charge in [0.05, 0.1) is 0 Å². The van der Waals surface area contributed by atoms with Crippen LogP contribution >= 0.6 is 0 Å². The maximum Gasteiger partial charge on any atom is 0.274 e. The number of hydrogen-bond acceptors (Lipinski definition) is 4. The molecule has 0 saturated heterocycles. The highest BCUT2D eigenvalue weighted by atomic mass is 16.2. The third-order valence-electron chi connectivity index (χ3n) is 2.40. The summed E-state index contributed by atoms with van der Waals surface area (Å²) in [5.41, 5.74) is 5.41. The number of carbonyl (C=O) groups excluding carboxylic acids is 1. The van der Waals surface area contributed by atoms with Gasteiger partial charge in [-0.2, -0.15) is 5.10 Å². The molecule has 1 aromatic rings. The lowest BCUT2D eigenvalue weighted by molar-refractivity contribution is 0.0728. The Balaban J connectivity index is 2.80. The van der Waals surface area contributed by atoms with E-state index in [1.54, 1.807) is 4.90 Å². The van der Waals surface area contributed by atoms with Crippen molar-refractivity contribution in [2.45, 2.75) is 20.3 Å². The minimum Gasteiger partial charge on any atom is -0.337 e. The zero-order valence-electron chi connectivity index (χ0n) is 10.8. The highest BCUT2D eigenvalue weighted by Gasteiger charge is 2.17. The molecule has 1 amide bonds. The van der Waals surface area contributed by atoms with Gasteiger partial charge >= 0.3 is 0 Å². The third-order valence-corrected chi connectivity index (χ3v) is 2.40. The van der Waals surface area contributed by atoms with E-state index < -0.39 is 0 Å². The second-order valence-electron chi connectivity index (χ2n) is 4.59. The highest BCUT2D eigenvalue weighted by molar-refractivity contribution is 5.92. The molecule has 0 atom stereocenters. The smallest absolute Gasteiger partial charge is 0.274 e. The summed E-state index contributed by atoms with van der Waals surface area (Å²) in [6.07, 6.45) is 0.752. The molecule has 0 aliphatic heterocycles. The quantitative estimate of drug-likeness (QED) is 0.757. The van der Waals surface area contributed by atoms with Crippen LogP contribution in [0.2, 0.25) is 0 Å². The van der Waals surface area contributed by atoms with Crippen molar-refractivity contribution >= 4 is 5.91 Å². The van der Waals surface area contributed by atoms with E-state index in [0.29, 0.717) is 25.6 Å². The summed E-state index contributed by atoms with van der Waals surface area (Å²) in [6, 6.07) is 2.74. The van der Waals surface area contributed by atoms with E-state index in [9.17, 15) is 9.59 Å². The number of H-pyrrole nitrogens is 1. The Morgan fingerprint density at radius 2 is 2.22 bits per heavy atom. The summed E-state index contributed by atoms with van der Waals surface area (Å²) in [5.74, 6) is 0.197. The van der Waals surface area contributed by atoms with Crippen LogP contribution in [-0.4, -0.2) is 40.6 Å². The van der Waals surface area contributed by atoms with Crippen molar-refractivity contribution in [1.29, 1.82) is 0 Å². The number of nitrogens with zero attached hydrogens (tertiary/aromatic N) is 2. The Morgan fingerprint density at radius 1 is 1.50 bits per heavy atom. The molecule has 0 aromatic carbocycles. The van der Waals surface area contributed by atoms with Crippen molar-refractivity contribution < 1.29 is 4.79 Å². The first-order chi connectivity index (χ1) is 8.54. The zero-order chi connectivity index (χ0) is 13.5. The molecule has 18 heavy (non-hydrogen) atoms. The van der Waals surface area contributed by atoms with Gasteiger partial charge in [-0.25, -0.2) is 5.10 Å². The lowest BCUT2D eigenvalue weighted by Crippen LogP contribution is -2.36. The van der Waals surface area contributed by atoms with Crippen LogP contribution in [0.5, 0.6) is 0 Å². The van der Waals surface area contributed by atoms with Crippen LogP contribution < -0.4 is 11.3 Å². The average molecular weight is 252 g/mol. The van der Waals surface area contributed by atoms with Crippen molar-refractivity contribution in [1.82, 2.24) is 15.1 Å². The molecule has 0 bridgehead atoms. The van der Waals surface area contributed by atoms with Gasteiger partial charge in [-0.05, 0) is 24.9 Å². The summed E-state index contributed by atoms with van der Waals surface area (Å²) in [7, 11) is 0. The molecule has 0 spiro atoms. The Morgan fingerprint density at radius 3 is 2.72 bits per heavy atom. The van der Waals surface area contributed by atoms with Crippen molar-refractivity contribution in [3.05, 3.63) is 28.2 Å². The minimum atomic E-state index is -0.316. The lowest BCUT2D eigenvalue weighted by Gasteiger charge is -2.23. The van der Waals surface area contributed by atoms with E-state index in [-0.39, 0.29) is 17.2 Å². The van der Waals surface area contributed by atoms with Crippen LogP contribution in [0, 0.1) is 5.92 Å². The second kappa shape index (κ2) is 6.90. The van der Waals surface area contributed by atoms with E-state index in [0.717, 1.165) is 6.42 Å². The number of carbonyl (C=O) groups is 1. The lowest BCUT2D eigenvalue weighted by atomic mass is 10.2. The average Bonchev–Trinajstić information content (AvgIpc) is 2.34. The Bertz CT molecular complexity index is 421. The summed E-state index contributed by atoms with van der Waals surface area (Å²) < 4.78 is 0. The monoisotopic (exact) mass is 252 g/mol. The van der Waals surface area contributed by atoms with Crippen molar-refractivity contribution in [2.75, 3.05) is 19.6 Å². The number of aromatic nitrogens is 2. The van der Waals surface area contributed by atoms with Gasteiger partial charge in [-0.15, -0.1) is 0 Å². The van der Waals surface area contributed by atoms with Crippen LogP contribution in [0.25, 0.3) is 0 Å². The van der Waals surface area contributed by atoms with Crippen LogP contribution in [0.4, 0.5) is 0 Å². The normalized spacial score (nSPS) is 10.7. The van der Waals surface area contributed by atoms with E-state index in [4.69, 9.17) is 5.73 Å². The van der Waals surface area contributed by atoms with Crippen LogP contribution in [0.3, 0.4) is 0 Å². The maximum absolute atomic E-state index is 12.2. The van der Waals surface area contributed by atoms with Crippen molar-refractivity contribution in [2.24, 2.45) is 11.7 Å². The van der Waals surface area contributed by atoms with Crippen molar-refractivity contribution in [3.63, 3.8) is 0 Å². The van der Waals surface area contributed by atoms with Gasteiger partial charge in [0.1, 0.15) is 5.69 Å². The van der Waals surface area contributed by atoms with E-state index in [2.05, 4.69) is 10.2 Å². The molecule has 0 saturated carbocycles. The maximum atomic E-state index is 12.2. The molecule has 0 unspecified atom stereocenters. The fraction of sp³-hybridized carbons (Fsp3) is 0.583. The largest absolute Gasteiger partial charge is 0.337 e. The van der Waals surface area contributed by atoms with E-state index in [1.807, 2.05) is 13.8 Å². The number of nitrogens with two attached hydrogens (primary N) is 1. The molecule has 0 fully saturated rings. The predicted molar refractivity (Wildman–Crippen MR) is 69.3 cm³/mol. The summed E-state index contributed by atoms with van der Waals surface area (Å²) in [4.78, 5) is 24.8. The van der Waals surface area contributed by atoms with Gasteiger partial charge < -0.3 is 10.6 Å². The minimum absolute atomic E-state index is 0.173. The Kier molecular flexibility index (Phi) is 5.51. The van der Waals surface area contributed by atoms with Gasteiger partial charge in [0.15, 0.2) is 0 Å². The molecule has 6 heteroatoms. The molecule has 0 aliphatic rings. The molecule has 1 aromatic heterocycles. The number of hydrogen-bond donors (Lipinski definition) is 2. The molecule has 3 N–H and O–H groups in total. The van der Waals surface area contributed by atoms with E-state index >= 15 is 0 Å². The van der Waals surface area contributed by atoms with Gasteiger partial charge in [0, 0.05) is 19.2 Å². The molecule has 0 aliphatic carbocycles. The van der Waals surface area contributed by atoms with Gasteiger partial charge in [0.2, 0.25) is 0 Å². The Hall–Kier alpha value is -1.69. The summed E-state index contributed by atoms with van der Waals surface area (Å²) in [5, 5.41) is 6.02. The van der Waals surface area contributed by atoms with Crippen LogP contribution in [-0.2, 0) is 0 Å². The number of amides is 1. The molecule has 100 valence electrons. The van der Waals surface area contributed by atoms with Gasteiger partial charge in [-0.1, -0.05) is 13.8 Å². The number of aromatic amines is 1. The van der Waals surface area contributed by atoms with Gasteiger partial charge in [-0.3, -0.25) is 9.59 Å². The standard InChI is InChI=1S/C12H20N4O2/c1-9(2)8-16(7-3-6-13)12(18)10-4-5-11(17)15-14-10/h4-5,9H,3,6-8,13H2,1-2H3,(H,15,17). The second-order valence-corrected chi connectivity index (χ2v) is 4.59. The number of rotatable bonds is 6. The first-order valence-corrected chi connectivity index (χ1v) is 6.09. The van der Waals surface area contributed by atoms with Crippen LogP contribution in [0.15, 0.2) is 16.9 Å². The molecule has 1 rings (SSSR count). The topological polar surface area (TPSA) is 92.1 Å². The zero-order valence-corrected chi connectivity index (χ0v) is 10.8. The molecule has 1 heterocycles. The summed E-state index contributed by atoms with van der Waals surface area (Å²) in [6.45, 7) is 5.89. The molecule has 0 radical (unpaired) electrons. The molecular formula is C12H20N4O2. The molecule has 6 nitrogen and oxygen atoms in total. The van der Waals surface area contributed by atoms with Gasteiger partial charge in [0.25, 0.3) is 11.5 Å². The predicted octanol–water partition coefficient (Wildman–Crippen LogP) is 0.217. The molecular weight excluding hydrogens is 232 g/mol. The fourth-order valence-electron chi connectivity index (χ4n) is 1.62. The third kappa shape index (κ3) is 4.29. The SMILES string of the molecule is CC(C)CN(CCCN)C(=O)c1ccc(=O)[nH]n1. The highest BCUT2D eigenvalue weighted by Crippen LogP contribution is 2.05. The fourth-order valence-corrected chi connectivity index (χ4v) is 1.62. The van der Waals surface area contributed by atoms with Crippen LogP contribution in [0.1, 0.15) is 30.8 Å². The van der Waals surface area contributed by atoms with Crippen molar-refractivity contribution in [3.8, 4) is 0 Å². The summed E-state index contributed by atoms with van der Waals surface area (Å²) >= 11 is 0. The first-order valence-electron chi connectivity index (χ1n) is 6.09.